The van der Waals surface area contributed by atoms with Crippen molar-refractivity contribution in [2.24, 2.45) is 0 Å². The van der Waals surface area contributed by atoms with Crippen LogP contribution in [-0.4, -0.2) is 36.9 Å². The second-order valence-corrected chi connectivity index (χ2v) is 7.43. The predicted molar refractivity (Wildman–Crippen MR) is 83.9 cm³/mol. The summed E-state index contributed by atoms with van der Waals surface area (Å²) in [5, 5.41) is 0. The van der Waals surface area contributed by atoms with Crippen LogP contribution < -0.4 is 4.74 Å². The van der Waals surface area contributed by atoms with Crippen LogP contribution in [0.25, 0.3) is 0 Å². The van der Waals surface area contributed by atoms with Crippen molar-refractivity contribution in [1.29, 1.82) is 0 Å². The fraction of sp³-hybridized carbons (Fsp3) is 0.312. The van der Waals surface area contributed by atoms with Crippen molar-refractivity contribution in [1.82, 2.24) is 9.29 Å². The van der Waals surface area contributed by atoms with E-state index in [1.807, 2.05) is 0 Å². The van der Waals surface area contributed by atoms with Gasteiger partial charge in [-0.2, -0.15) is 4.31 Å². The van der Waals surface area contributed by atoms with Gasteiger partial charge in [-0.25, -0.2) is 12.8 Å². The number of ether oxygens (including phenoxy) is 1. The molecule has 1 fully saturated rings. The molecule has 1 aliphatic heterocycles. The number of pyridine rings is 1. The molecule has 1 saturated heterocycles. The number of hydrogen-bond acceptors (Lipinski definition) is 4. The van der Waals surface area contributed by atoms with Crippen molar-refractivity contribution in [2.75, 3.05) is 13.1 Å². The van der Waals surface area contributed by atoms with Gasteiger partial charge in [-0.1, -0.05) is 12.1 Å². The first-order valence-electron chi connectivity index (χ1n) is 7.32. The van der Waals surface area contributed by atoms with Gasteiger partial charge >= 0.3 is 0 Å². The van der Waals surface area contributed by atoms with Crippen LogP contribution in [0.15, 0.2) is 48.8 Å². The summed E-state index contributed by atoms with van der Waals surface area (Å²) in [6.45, 7) is 0.703. The largest absolute Gasteiger partial charge is 0.487 e. The molecule has 7 heteroatoms. The lowest BCUT2D eigenvalue weighted by Crippen LogP contribution is -2.32. The molecule has 0 spiro atoms. The maximum absolute atomic E-state index is 13.2. The van der Waals surface area contributed by atoms with Crippen LogP contribution in [0.4, 0.5) is 4.39 Å². The van der Waals surface area contributed by atoms with Gasteiger partial charge in [0.1, 0.15) is 17.7 Å². The summed E-state index contributed by atoms with van der Waals surface area (Å²) in [7, 11) is -3.48. The molecule has 1 aromatic heterocycles. The summed E-state index contributed by atoms with van der Waals surface area (Å²) in [4.78, 5) is 3.97. The molecule has 1 atom stereocenters. The normalized spacial score (nSPS) is 18.9. The minimum Gasteiger partial charge on any atom is -0.487 e. The van der Waals surface area contributed by atoms with Gasteiger partial charge in [0.2, 0.25) is 10.0 Å². The minimum absolute atomic E-state index is 0.193. The van der Waals surface area contributed by atoms with Crippen LogP contribution in [0.2, 0.25) is 0 Å². The van der Waals surface area contributed by atoms with Gasteiger partial charge in [0.25, 0.3) is 0 Å². The molecular formula is C16H17FN2O3S. The number of rotatable bonds is 5. The van der Waals surface area contributed by atoms with Crippen LogP contribution in [0.5, 0.6) is 5.75 Å². The van der Waals surface area contributed by atoms with Gasteiger partial charge in [-0.15, -0.1) is 0 Å². The SMILES string of the molecule is O=S(=O)(Cc1cccc(F)c1)N1CC[C@H](Oc2cccnc2)C1. The summed E-state index contributed by atoms with van der Waals surface area (Å²) in [6, 6.07) is 9.22. The smallest absolute Gasteiger partial charge is 0.218 e. The van der Waals surface area contributed by atoms with Crippen LogP contribution in [0.1, 0.15) is 12.0 Å². The second kappa shape index (κ2) is 6.64. The standard InChI is InChI=1S/C16H17FN2O3S/c17-14-4-1-3-13(9-14)12-23(20,21)19-8-6-16(11-19)22-15-5-2-7-18-10-15/h1-5,7,9-10,16H,6,8,11-12H2/t16-/m0/s1. The number of nitrogens with zero attached hydrogens (tertiary/aromatic N) is 2. The lowest BCUT2D eigenvalue weighted by Gasteiger charge is -2.17. The Morgan fingerprint density at radius 1 is 1.30 bits per heavy atom. The third kappa shape index (κ3) is 4.05. The van der Waals surface area contributed by atoms with Gasteiger partial charge in [0, 0.05) is 12.7 Å². The predicted octanol–water partition coefficient (Wildman–Crippen LogP) is 2.20. The van der Waals surface area contributed by atoms with E-state index in [2.05, 4.69) is 4.98 Å². The molecule has 2 aromatic rings. The van der Waals surface area contributed by atoms with Crippen molar-refractivity contribution in [2.45, 2.75) is 18.3 Å². The quantitative estimate of drug-likeness (QED) is 0.840. The molecule has 0 aliphatic carbocycles. The highest BCUT2D eigenvalue weighted by molar-refractivity contribution is 7.88. The van der Waals surface area contributed by atoms with Crippen molar-refractivity contribution < 1.29 is 17.5 Å². The van der Waals surface area contributed by atoms with Crippen molar-refractivity contribution in [3.63, 3.8) is 0 Å². The average molecular weight is 336 g/mol. The molecule has 2 heterocycles. The Morgan fingerprint density at radius 2 is 2.17 bits per heavy atom. The van der Waals surface area contributed by atoms with E-state index in [1.165, 1.54) is 22.5 Å². The zero-order chi connectivity index (χ0) is 16.3. The minimum atomic E-state index is -3.48. The highest BCUT2D eigenvalue weighted by Gasteiger charge is 2.32. The molecule has 0 amide bonds. The summed E-state index contributed by atoms with van der Waals surface area (Å²) in [5.41, 5.74) is 0.446. The van der Waals surface area contributed by atoms with Gasteiger partial charge < -0.3 is 4.74 Å². The Balaban J connectivity index is 1.63. The zero-order valence-corrected chi connectivity index (χ0v) is 13.2. The van der Waals surface area contributed by atoms with Crippen LogP contribution in [0, 0.1) is 5.82 Å². The number of hydrogen-bond donors (Lipinski definition) is 0. The molecular weight excluding hydrogens is 319 g/mol. The van der Waals surface area contributed by atoms with E-state index in [0.29, 0.717) is 30.8 Å². The first-order chi connectivity index (χ1) is 11.0. The number of halogens is 1. The molecule has 1 aliphatic rings. The topological polar surface area (TPSA) is 59.5 Å². The molecule has 0 N–H and O–H groups in total. The number of aromatic nitrogens is 1. The summed E-state index contributed by atoms with van der Waals surface area (Å²) in [5.74, 6) is -0.0107. The molecule has 1 aromatic carbocycles. The summed E-state index contributed by atoms with van der Waals surface area (Å²) < 4.78 is 45.2. The van der Waals surface area contributed by atoms with E-state index in [0.717, 1.165) is 0 Å². The van der Waals surface area contributed by atoms with E-state index in [1.54, 1.807) is 30.6 Å². The second-order valence-electron chi connectivity index (χ2n) is 5.46. The number of benzene rings is 1. The fourth-order valence-corrected chi connectivity index (χ4v) is 4.14. The van der Waals surface area contributed by atoms with Crippen LogP contribution in [0.3, 0.4) is 0 Å². The molecule has 23 heavy (non-hydrogen) atoms. The lowest BCUT2D eigenvalue weighted by atomic mass is 10.2. The van der Waals surface area contributed by atoms with Gasteiger partial charge in [-0.3, -0.25) is 4.98 Å². The van der Waals surface area contributed by atoms with E-state index in [9.17, 15) is 12.8 Å². The molecule has 0 unspecified atom stereocenters. The van der Waals surface area contributed by atoms with Crippen LogP contribution >= 0.6 is 0 Å². The third-order valence-electron chi connectivity index (χ3n) is 3.68. The monoisotopic (exact) mass is 336 g/mol. The Kier molecular flexibility index (Phi) is 4.58. The fourth-order valence-electron chi connectivity index (χ4n) is 2.58. The first kappa shape index (κ1) is 15.9. The molecule has 0 radical (unpaired) electrons. The van der Waals surface area contributed by atoms with Crippen LogP contribution in [-0.2, 0) is 15.8 Å². The molecule has 3 rings (SSSR count). The number of sulfonamides is 1. The van der Waals surface area contributed by atoms with Crippen molar-refractivity contribution >= 4 is 10.0 Å². The van der Waals surface area contributed by atoms with Gasteiger partial charge in [0.05, 0.1) is 18.5 Å². The Bertz CT molecular complexity index is 768. The van der Waals surface area contributed by atoms with Gasteiger partial charge in [-0.05, 0) is 36.2 Å². The maximum atomic E-state index is 13.2. The highest BCUT2D eigenvalue weighted by atomic mass is 32.2. The summed E-state index contributed by atoms with van der Waals surface area (Å²) in [6.07, 6.45) is 3.68. The van der Waals surface area contributed by atoms with E-state index < -0.39 is 15.8 Å². The van der Waals surface area contributed by atoms with Crippen molar-refractivity contribution in [3.8, 4) is 5.75 Å². The van der Waals surface area contributed by atoms with E-state index >= 15 is 0 Å². The first-order valence-corrected chi connectivity index (χ1v) is 8.93. The lowest BCUT2D eigenvalue weighted by molar-refractivity contribution is 0.214. The molecule has 122 valence electrons. The highest BCUT2D eigenvalue weighted by Crippen LogP contribution is 2.21. The molecule has 0 bridgehead atoms. The van der Waals surface area contributed by atoms with Crippen molar-refractivity contribution in [3.05, 3.63) is 60.2 Å². The molecule has 0 saturated carbocycles. The van der Waals surface area contributed by atoms with Gasteiger partial charge in [0.15, 0.2) is 0 Å². The Labute approximate surface area is 134 Å². The van der Waals surface area contributed by atoms with E-state index in [-0.39, 0.29) is 11.9 Å². The molecule has 5 nitrogen and oxygen atoms in total. The summed E-state index contributed by atoms with van der Waals surface area (Å²) >= 11 is 0. The average Bonchev–Trinajstić information content (AvgIpc) is 2.97. The Hall–Kier alpha value is -1.99. The Morgan fingerprint density at radius 3 is 2.91 bits per heavy atom. The zero-order valence-electron chi connectivity index (χ0n) is 12.4. The maximum Gasteiger partial charge on any atom is 0.218 e. The van der Waals surface area contributed by atoms with E-state index in [4.69, 9.17) is 4.74 Å². The third-order valence-corrected chi connectivity index (χ3v) is 5.49.